The van der Waals surface area contributed by atoms with E-state index < -0.39 is 0 Å². The number of unbranched alkanes of at least 4 members (excludes halogenated alkanes) is 7. The fourth-order valence-electron chi connectivity index (χ4n) is 3.25. The molecule has 5 nitrogen and oxygen atoms in total. The number of rotatable bonds is 13. The van der Waals surface area contributed by atoms with E-state index in [1.807, 2.05) is 7.05 Å². The van der Waals surface area contributed by atoms with Crippen molar-refractivity contribution in [3.63, 3.8) is 0 Å². The molecule has 0 amide bonds. The highest BCUT2D eigenvalue weighted by Gasteiger charge is 2.12. The highest BCUT2D eigenvalue weighted by atomic mass is 127. The molecular formula is C20H44IN5. The second kappa shape index (κ2) is 18.3. The maximum absolute atomic E-state index is 4.32. The maximum Gasteiger partial charge on any atom is 0.190 e. The van der Waals surface area contributed by atoms with E-state index in [-0.39, 0.29) is 24.0 Å². The molecule has 0 saturated carbocycles. The SMILES string of the molecule is CCCCCCCCCNC(=NC)NCCCCN1CCN(C)CC1.I. The molecule has 0 aromatic heterocycles. The van der Waals surface area contributed by atoms with Crippen molar-refractivity contribution < 1.29 is 0 Å². The fraction of sp³-hybridized carbons (Fsp3) is 0.950. The van der Waals surface area contributed by atoms with Gasteiger partial charge in [0.25, 0.3) is 0 Å². The van der Waals surface area contributed by atoms with Crippen LogP contribution in [0.5, 0.6) is 0 Å². The van der Waals surface area contributed by atoms with Gasteiger partial charge in [-0.25, -0.2) is 0 Å². The molecule has 1 aliphatic heterocycles. The summed E-state index contributed by atoms with van der Waals surface area (Å²) in [6.07, 6.45) is 12.0. The lowest BCUT2D eigenvalue weighted by Crippen LogP contribution is -2.44. The first-order valence-corrected chi connectivity index (χ1v) is 10.6. The lowest BCUT2D eigenvalue weighted by Gasteiger charge is -2.32. The van der Waals surface area contributed by atoms with Crippen LogP contribution in [-0.4, -0.2) is 75.7 Å². The molecule has 1 rings (SSSR count). The Kier molecular flexibility index (Phi) is 18.2. The number of hydrogen-bond donors (Lipinski definition) is 2. The van der Waals surface area contributed by atoms with E-state index in [1.165, 1.54) is 90.5 Å². The summed E-state index contributed by atoms with van der Waals surface area (Å²) in [7, 11) is 4.08. The van der Waals surface area contributed by atoms with Crippen LogP contribution in [0.4, 0.5) is 0 Å². The van der Waals surface area contributed by atoms with Gasteiger partial charge in [-0.2, -0.15) is 0 Å². The molecule has 0 aliphatic carbocycles. The molecule has 26 heavy (non-hydrogen) atoms. The fourth-order valence-corrected chi connectivity index (χ4v) is 3.25. The van der Waals surface area contributed by atoms with Gasteiger partial charge in [0.05, 0.1) is 0 Å². The zero-order chi connectivity index (χ0) is 18.2. The second-order valence-corrected chi connectivity index (χ2v) is 7.40. The molecule has 0 radical (unpaired) electrons. The predicted molar refractivity (Wildman–Crippen MR) is 126 cm³/mol. The van der Waals surface area contributed by atoms with Crippen molar-refractivity contribution in [1.82, 2.24) is 20.4 Å². The van der Waals surface area contributed by atoms with Crippen LogP contribution in [0, 0.1) is 0 Å². The molecule has 2 N–H and O–H groups in total. The summed E-state index contributed by atoms with van der Waals surface area (Å²) < 4.78 is 0. The van der Waals surface area contributed by atoms with Crippen LogP contribution in [-0.2, 0) is 0 Å². The lowest BCUT2D eigenvalue weighted by atomic mass is 10.1. The van der Waals surface area contributed by atoms with Crippen molar-refractivity contribution >= 4 is 29.9 Å². The van der Waals surface area contributed by atoms with Crippen LogP contribution in [0.2, 0.25) is 0 Å². The van der Waals surface area contributed by atoms with Gasteiger partial charge >= 0.3 is 0 Å². The number of hydrogen-bond acceptors (Lipinski definition) is 3. The Labute approximate surface area is 179 Å². The topological polar surface area (TPSA) is 42.9 Å². The summed E-state index contributed by atoms with van der Waals surface area (Å²) in [5, 5.41) is 6.88. The summed E-state index contributed by atoms with van der Waals surface area (Å²) in [6, 6.07) is 0. The molecule has 0 spiro atoms. The van der Waals surface area contributed by atoms with Gasteiger partial charge in [0.2, 0.25) is 0 Å². The van der Waals surface area contributed by atoms with Crippen LogP contribution in [0.1, 0.15) is 64.7 Å². The first-order valence-electron chi connectivity index (χ1n) is 10.6. The molecule has 0 aromatic rings. The van der Waals surface area contributed by atoms with E-state index >= 15 is 0 Å². The number of guanidine groups is 1. The molecule has 0 bridgehead atoms. The average Bonchev–Trinajstić information content (AvgIpc) is 2.63. The Hall–Kier alpha value is -0.0800. The molecule has 0 aromatic carbocycles. The smallest absolute Gasteiger partial charge is 0.190 e. The van der Waals surface area contributed by atoms with Crippen LogP contribution < -0.4 is 10.6 Å². The van der Waals surface area contributed by atoms with Gasteiger partial charge < -0.3 is 20.4 Å². The third-order valence-electron chi connectivity index (χ3n) is 5.09. The standard InChI is InChI=1S/C20H43N5.HI/c1-4-5-6-7-8-9-10-13-22-20(21-2)23-14-11-12-15-25-18-16-24(3)17-19-25;/h4-19H2,1-3H3,(H2,21,22,23);1H. The number of nitrogens with zero attached hydrogens (tertiary/aromatic N) is 3. The first-order chi connectivity index (χ1) is 12.3. The summed E-state index contributed by atoms with van der Waals surface area (Å²) in [5.41, 5.74) is 0. The van der Waals surface area contributed by atoms with Crippen molar-refractivity contribution in [2.24, 2.45) is 4.99 Å². The summed E-state index contributed by atoms with van der Waals surface area (Å²) in [4.78, 5) is 9.33. The lowest BCUT2D eigenvalue weighted by molar-refractivity contribution is 0.152. The Morgan fingerprint density at radius 3 is 1.92 bits per heavy atom. The molecule has 1 aliphatic rings. The molecule has 6 heteroatoms. The zero-order valence-electron chi connectivity index (χ0n) is 17.6. The van der Waals surface area contributed by atoms with Gasteiger partial charge in [0, 0.05) is 46.3 Å². The van der Waals surface area contributed by atoms with Crippen LogP contribution in [0.25, 0.3) is 0 Å². The third-order valence-corrected chi connectivity index (χ3v) is 5.09. The molecule has 1 heterocycles. The third kappa shape index (κ3) is 14.0. The molecule has 0 unspecified atom stereocenters. The van der Waals surface area contributed by atoms with Gasteiger partial charge in [0.15, 0.2) is 5.96 Å². The Bertz CT molecular complexity index is 330. The molecule has 1 fully saturated rings. The number of halogens is 1. The first kappa shape index (κ1) is 25.9. The van der Waals surface area contributed by atoms with Gasteiger partial charge in [-0.15, -0.1) is 24.0 Å². The van der Waals surface area contributed by atoms with E-state index in [9.17, 15) is 0 Å². The van der Waals surface area contributed by atoms with E-state index in [2.05, 4.69) is 39.4 Å². The normalized spacial score (nSPS) is 16.3. The van der Waals surface area contributed by atoms with Crippen molar-refractivity contribution in [3.05, 3.63) is 0 Å². The van der Waals surface area contributed by atoms with E-state index in [1.54, 1.807) is 0 Å². The van der Waals surface area contributed by atoms with Crippen molar-refractivity contribution in [3.8, 4) is 0 Å². The van der Waals surface area contributed by atoms with Crippen LogP contribution in [0.15, 0.2) is 4.99 Å². The quantitative estimate of drug-likeness (QED) is 0.183. The van der Waals surface area contributed by atoms with Crippen molar-refractivity contribution in [2.45, 2.75) is 64.7 Å². The predicted octanol–water partition coefficient (Wildman–Crippen LogP) is 3.55. The summed E-state index contributed by atoms with van der Waals surface area (Å²) >= 11 is 0. The second-order valence-electron chi connectivity index (χ2n) is 7.40. The van der Waals surface area contributed by atoms with Gasteiger partial charge in [-0.1, -0.05) is 45.4 Å². The average molecular weight is 482 g/mol. The number of piperazine rings is 1. The van der Waals surface area contributed by atoms with Crippen LogP contribution >= 0.6 is 24.0 Å². The number of likely N-dealkylation sites (N-methyl/N-ethyl adjacent to an activating group) is 1. The monoisotopic (exact) mass is 481 g/mol. The van der Waals surface area contributed by atoms with Gasteiger partial charge in [-0.05, 0) is 32.9 Å². The Balaban J connectivity index is 0.00000625. The molecule has 0 atom stereocenters. The number of nitrogens with one attached hydrogen (secondary N) is 2. The van der Waals surface area contributed by atoms with Crippen LogP contribution in [0.3, 0.4) is 0 Å². The van der Waals surface area contributed by atoms with Gasteiger partial charge in [0.1, 0.15) is 0 Å². The van der Waals surface area contributed by atoms with Crippen molar-refractivity contribution in [1.29, 1.82) is 0 Å². The van der Waals surface area contributed by atoms with Gasteiger partial charge in [-0.3, -0.25) is 4.99 Å². The minimum atomic E-state index is 0. The molecular weight excluding hydrogens is 437 g/mol. The Morgan fingerprint density at radius 1 is 0.808 bits per heavy atom. The van der Waals surface area contributed by atoms with Crippen molar-refractivity contribution in [2.75, 3.05) is 59.9 Å². The highest BCUT2D eigenvalue weighted by molar-refractivity contribution is 14.0. The maximum atomic E-state index is 4.32. The molecule has 1 saturated heterocycles. The highest BCUT2D eigenvalue weighted by Crippen LogP contribution is 2.06. The minimum Gasteiger partial charge on any atom is -0.356 e. The van der Waals surface area contributed by atoms with E-state index in [0.717, 1.165) is 19.0 Å². The Morgan fingerprint density at radius 2 is 1.35 bits per heavy atom. The van der Waals surface area contributed by atoms with E-state index in [4.69, 9.17) is 0 Å². The molecule has 156 valence electrons. The zero-order valence-corrected chi connectivity index (χ0v) is 19.9. The summed E-state index contributed by atoms with van der Waals surface area (Å²) in [5.74, 6) is 0.964. The van der Waals surface area contributed by atoms with E-state index in [0.29, 0.717) is 0 Å². The summed E-state index contributed by atoms with van der Waals surface area (Å²) in [6.45, 7) is 10.5. The largest absolute Gasteiger partial charge is 0.356 e. The minimum absolute atomic E-state index is 0. The number of aliphatic imine (C=N–C) groups is 1.